The van der Waals surface area contributed by atoms with Crippen molar-refractivity contribution in [2.45, 2.75) is 58.7 Å². The Balaban J connectivity index is 1.15. The van der Waals surface area contributed by atoms with Crippen LogP contribution in [0.15, 0.2) is 114 Å². The van der Waals surface area contributed by atoms with E-state index in [2.05, 4.69) is 122 Å². The van der Waals surface area contributed by atoms with Gasteiger partial charge in [-0.2, -0.15) is 9.13 Å². The summed E-state index contributed by atoms with van der Waals surface area (Å²) < 4.78 is 10.3. The number of nitrogens with zero attached hydrogens (tertiary/aromatic N) is 4. The van der Waals surface area contributed by atoms with Crippen LogP contribution in [0.5, 0.6) is 0 Å². The number of nitrogens with one attached hydrogen (secondary N) is 2. The number of benzene rings is 1. The minimum absolute atomic E-state index is 0.145. The molecule has 0 bridgehead atoms. The van der Waals surface area contributed by atoms with Gasteiger partial charge in [-0.3, -0.25) is 0 Å². The maximum Gasteiger partial charge on any atom is 0.553 e. The van der Waals surface area contributed by atoms with Gasteiger partial charge in [-0.25, -0.2) is 0 Å². The van der Waals surface area contributed by atoms with Gasteiger partial charge in [0.25, 0.3) is 0 Å². The average Bonchev–Trinajstić information content (AvgIpc) is 3.97. The first kappa shape index (κ1) is 29.1. The van der Waals surface area contributed by atoms with Gasteiger partial charge in [-0.15, -0.1) is 0 Å². The van der Waals surface area contributed by atoms with Gasteiger partial charge in [0, 0.05) is 63.8 Å². The second-order valence-electron chi connectivity index (χ2n) is 14.8. The van der Waals surface area contributed by atoms with Crippen molar-refractivity contribution in [2.24, 2.45) is 0 Å². The van der Waals surface area contributed by atoms with Crippen LogP contribution in [0.3, 0.4) is 0 Å². The molecule has 1 spiro atoms. The van der Waals surface area contributed by atoms with Gasteiger partial charge in [0.05, 0.1) is 45.8 Å². The largest absolute Gasteiger partial charge is 0.553 e. The highest BCUT2D eigenvalue weighted by Gasteiger charge is 2.72. The summed E-state index contributed by atoms with van der Waals surface area (Å²) >= 11 is 0. The third kappa shape index (κ3) is 3.33. The topological polar surface area (TPSA) is 87.9 Å². The second-order valence-corrected chi connectivity index (χ2v) is 14.8. The van der Waals surface area contributed by atoms with Crippen molar-refractivity contribution in [3.05, 3.63) is 170 Å². The van der Waals surface area contributed by atoms with E-state index in [9.17, 15) is 10.2 Å². The lowest BCUT2D eigenvalue weighted by atomic mass is 9.90. The highest BCUT2D eigenvalue weighted by Crippen LogP contribution is 2.49. The third-order valence-corrected chi connectivity index (χ3v) is 12.1. The van der Waals surface area contributed by atoms with E-state index in [4.69, 9.17) is 0 Å². The molecule has 8 nitrogen and oxygen atoms in total. The van der Waals surface area contributed by atoms with E-state index in [1.54, 1.807) is 13.8 Å². The maximum atomic E-state index is 10.3. The minimum atomic E-state index is -0.651. The molecule has 0 amide bonds. The molecule has 0 radical (unpaired) electrons. The summed E-state index contributed by atoms with van der Waals surface area (Å²) in [6.45, 7) is 10.3. The van der Waals surface area contributed by atoms with E-state index < -0.39 is 18.1 Å². The SMILES string of the molecule is CC1=C2C=CC3=[N+]2C24n5c(ccc5C(c5ccc(C(c6ccc(C(C)O)[nH]6)c6ccc(C(C)O)[nH]6)cc5)=c5ccc(n52)=C3C)C(C)=C2C=CC1=[N+]24. The molecule has 3 unspecified atom stereocenters. The number of hydrogen-bond acceptors (Lipinski definition) is 2. The van der Waals surface area contributed by atoms with Crippen LogP contribution >= 0.6 is 0 Å². The van der Waals surface area contributed by atoms with Crippen LogP contribution in [-0.4, -0.2) is 49.9 Å². The molecule has 0 aliphatic carbocycles. The van der Waals surface area contributed by atoms with Gasteiger partial charge in [-0.1, -0.05) is 33.4 Å². The summed E-state index contributed by atoms with van der Waals surface area (Å²) in [7, 11) is 0. The van der Waals surface area contributed by atoms with Crippen molar-refractivity contribution in [3.63, 3.8) is 0 Å². The normalized spacial score (nSPS) is 22.1. The van der Waals surface area contributed by atoms with Crippen LogP contribution in [0, 0.1) is 0 Å². The Bertz CT molecular complexity index is 2730. The summed E-state index contributed by atoms with van der Waals surface area (Å²) in [6.07, 6.45) is 8.00. The lowest BCUT2D eigenvalue weighted by Crippen LogP contribution is -2.71. The molecular formula is C43H38N6O2+2. The molecule has 0 fully saturated rings. The number of hydrogen-bond donors (Lipinski definition) is 4. The highest BCUT2D eigenvalue weighted by atomic mass is 16.3. The van der Waals surface area contributed by atoms with E-state index in [-0.39, 0.29) is 5.92 Å². The van der Waals surface area contributed by atoms with E-state index in [1.807, 2.05) is 24.3 Å². The highest BCUT2D eigenvalue weighted by molar-refractivity contribution is 6.23. The first-order chi connectivity index (χ1) is 24.7. The fourth-order valence-corrected chi connectivity index (χ4v) is 9.66. The molecule has 6 aliphatic heterocycles. The van der Waals surface area contributed by atoms with Gasteiger partial charge in [0.2, 0.25) is 22.8 Å². The quantitative estimate of drug-likeness (QED) is 0.188. The molecule has 8 heteroatoms. The van der Waals surface area contributed by atoms with Crippen molar-refractivity contribution in [1.29, 1.82) is 0 Å². The molecule has 4 aromatic heterocycles. The molecule has 1 aromatic carbocycles. The zero-order chi connectivity index (χ0) is 34.7. The van der Waals surface area contributed by atoms with Crippen LogP contribution in [0.4, 0.5) is 0 Å². The monoisotopic (exact) mass is 670 g/mol. The van der Waals surface area contributed by atoms with Crippen LogP contribution in [0.2, 0.25) is 0 Å². The van der Waals surface area contributed by atoms with E-state index in [0.29, 0.717) is 0 Å². The van der Waals surface area contributed by atoms with Gasteiger partial charge in [-0.05, 0) is 94.3 Å². The number of H-pyrrole nitrogens is 2. The zero-order valence-electron chi connectivity index (χ0n) is 29.2. The summed E-state index contributed by atoms with van der Waals surface area (Å²) in [4.78, 5) is 6.94. The molecule has 51 heavy (non-hydrogen) atoms. The number of aromatic amines is 2. The van der Waals surface area contributed by atoms with Crippen molar-refractivity contribution >= 4 is 28.1 Å². The molecule has 6 aliphatic rings. The van der Waals surface area contributed by atoms with Crippen molar-refractivity contribution in [3.8, 4) is 0 Å². The number of aliphatic hydroxyl groups excluding tert-OH is 2. The number of aliphatic hydroxyl groups is 2. The smallest absolute Gasteiger partial charge is 0.387 e. The minimum Gasteiger partial charge on any atom is -0.387 e. The number of allylic oxidation sites excluding steroid dienone is 6. The van der Waals surface area contributed by atoms with Gasteiger partial charge < -0.3 is 20.2 Å². The summed E-state index contributed by atoms with van der Waals surface area (Å²) in [5.74, 6) is -0.796. The van der Waals surface area contributed by atoms with E-state index in [1.165, 1.54) is 67.2 Å². The molecule has 3 atom stereocenters. The van der Waals surface area contributed by atoms with Crippen molar-refractivity contribution in [2.75, 3.05) is 0 Å². The third-order valence-electron chi connectivity index (χ3n) is 12.1. The molecule has 11 rings (SSSR count). The molecule has 10 heterocycles. The first-order valence-corrected chi connectivity index (χ1v) is 17.8. The Hall–Kier alpha value is -5.70. The molecule has 4 N–H and O–H groups in total. The predicted molar refractivity (Wildman–Crippen MR) is 197 cm³/mol. The predicted octanol–water partition coefficient (Wildman–Crippen LogP) is 5.17. The fraction of sp³-hybridized carbons (Fsp3) is 0.209. The van der Waals surface area contributed by atoms with Crippen LogP contribution < -0.4 is 10.7 Å². The van der Waals surface area contributed by atoms with Crippen LogP contribution in [0.1, 0.15) is 98.0 Å². The number of rotatable bonds is 6. The Morgan fingerprint density at radius 1 is 0.569 bits per heavy atom. The Morgan fingerprint density at radius 2 is 1.12 bits per heavy atom. The standard InChI is InChI=1S/C43H37N6O2/c1-22-33-14-16-35-23(2)37-18-20-39-42(40-21-19-38-24(3)36-17-15-34(22)47(36)43(46(33)35,48(37)39)49(38)40)28-8-6-27(7-9-28)41(31-12-10-29(44-31)25(4)50)32-13-11-30(45-32)26(5)51/h6-21,25-26,41,44,50-51H,1-5H3/q+1/p+1. The Labute approximate surface area is 294 Å². The Kier molecular flexibility index (Phi) is 5.44. The summed E-state index contributed by atoms with van der Waals surface area (Å²) in [6, 6.07) is 26.2. The van der Waals surface area contributed by atoms with Crippen LogP contribution in [-0.2, 0) is 5.91 Å². The lowest BCUT2D eigenvalue weighted by molar-refractivity contribution is -0.837. The maximum absolute atomic E-state index is 10.3. The molecule has 250 valence electrons. The molecule has 0 saturated heterocycles. The summed E-state index contributed by atoms with van der Waals surface area (Å²) in [5, 5.41) is 23.1. The van der Waals surface area contributed by atoms with Crippen molar-refractivity contribution < 1.29 is 19.4 Å². The first-order valence-electron chi connectivity index (χ1n) is 17.8. The molecule has 0 saturated carbocycles. The lowest BCUT2D eigenvalue weighted by Gasteiger charge is -2.40. The van der Waals surface area contributed by atoms with Gasteiger partial charge >= 0.3 is 5.91 Å². The zero-order valence-corrected chi connectivity index (χ0v) is 29.2. The van der Waals surface area contributed by atoms with Gasteiger partial charge in [0.1, 0.15) is 0 Å². The van der Waals surface area contributed by atoms with Gasteiger partial charge in [0.15, 0.2) is 0 Å². The van der Waals surface area contributed by atoms with E-state index >= 15 is 0 Å². The van der Waals surface area contributed by atoms with Crippen LogP contribution in [0.25, 0.3) is 16.7 Å². The summed E-state index contributed by atoms with van der Waals surface area (Å²) in [5.41, 5.74) is 18.2. The fourth-order valence-electron chi connectivity index (χ4n) is 9.66. The number of aromatic nitrogens is 4. The second kappa shape index (κ2) is 9.54. The van der Waals surface area contributed by atoms with Crippen molar-refractivity contribution in [1.82, 2.24) is 19.1 Å². The molecule has 5 aromatic rings. The Morgan fingerprint density at radius 3 is 1.73 bits per heavy atom. The van der Waals surface area contributed by atoms with E-state index in [0.717, 1.165) is 33.9 Å². The molecular weight excluding hydrogens is 633 g/mol. The average molecular weight is 671 g/mol.